The molecule has 1 heterocycles. The lowest BCUT2D eigenvalue weighted by molar-refractivity contribution is -0.383. The third kappa shape index (κ3) is 4.73. The number of benzene rings is 1. The lowest BCUT2D eigenvalue weighted by atomic mass is 9.89. The summed E-state index contributed by atoms with van der Waals surface area (Å²) in [6.45, 7) is 0. The van der Waals surface area contributed by atoms with Crippen LogP contribution < -0.4 is 5.32 Å². The lowest BCUT2D eigenvalue weighted by Crippen LogP contribution is -2.15. The number of nitro groups is 1. The minimum atomic E-state index is -0.576. The third-order valence-corrected chi connectivity index (χ3v) is 5.19. The molecule has 0 atom stereocenters. The van der Waals surface area contributed by atoms with Gasteiger partial charge in [-0.1, -0.05) is 42.6 Å². The number of amides is 1. The second-order valence-electron chi connectivity index (χ2n) is 6.00. The molecule has 8 nitrogen and oxygen atoms in total. The predicted molar refractivity (Wildman–Crippen MR) is 97.6 cm³/mol. The highest BCUT2D eigenvalue weighted by Crippen LogP contribution is 2.33. The highest BCUT2D eigenvalue weighted by Gasteiger charge is 2.22. The Morgan fingerprint density at radius 2 is 2.12 bits per heavy atom. The first-order valence-electron chi connectivity index (χ1n) is 8.23. The standard InChI is InChI=1S/C16H17ClN4O4S/c17-11-6-7-13(21(23)24)12(8-11)18-14(22)9-26-16-20-19-15(25-16)10-4-2-1-3-5-10/h6-8,10H,1-5,9H2,(H,18,22). The maximum absolute atomic E-state index is 12.1. The highest BCUT2D eigenvalue weighted by molar-refractivity contribution is 7.99. The molecule has 2 aromatic rings. The fraction of sp³-hybridized carbons (Fsp3) is 0.438. The minimum Gasteiger partial charge on any atom is -0.416 e. The molecule has 1 aliphatic rings. The average Bonchev–Trinajstić information content (AvgIpc) is 3.09. The molecule has 1 amide bonds. The molecule has 138 valence electrons. The van der Waals surface area contributed by atoms with Crippen LogP contribution in [0.1, 0.15) is 43.9 Å². The van der Waals surface area contributed by atoms with Gasteiger partial charge >= 0.3 is 0 Å². The minimum absolute atomic E-state index is 0.00400. The second-order valence-corrected chi connectivity index (χ2v) is 7.36. The normalized spacial score (nSPS) is 15.0. The Labute approximate surface area is 158 Å². The maximum atomic E-state index is 12.1. The summed E-state index contributed by atoms with van der Waals surface area (Å²) >= 11 is 6.94. The number of anilines is 1. The summed E-state index contributed by atoms with van der Waals surface area (Å²) in [7, 11) is 0. The van der Waals surface area contributed by atoms with E-state index in [1.807, 2.05) is 0 Å². The predicted octanol–water partition coefficient (Wildman–Crippen LogP) is 4.41. The van der Waals surface area contributed by atoms with Gasteiger partial charge in [-0.15, -0.1) is 10.2 Å². The van der Waals surface area contributed by atoms with Crippen LogP contribution in [0.25, 0.3) is 0 Å². The van der Waals surface area contributed by atoms with Crippen molar-refractivity contribution in [1.29, 1.82) is 0 Å². The molecule has 1 saturated carbocycles. The van der Waals surface area contributed by atoms with Gasteiger partial charge in [0.25, 0.3) is 10.9 Å². The number of rotatable bonds is 6. The van der Waals surface area contributed by atoms with Crippen LogP contribution in [0.3, 0.4) is 0 Å². The molecule has 0 bridgehead atoms. The number of halogens is 1. The van der Waals surface area contributed by atoms with Gasteiger partial charge in [0.1, 0.15) is 5.69 Å². The van der Waals surface area contributed by atoms with E-state index in [1.165, 1.54) is 24.6 Å². The second kappa shape index (κ2) is 8.50. The number of thioether (sulfide) groups is 1. The van der Waals surface area contributed by atoms with Gasteiger partial charge < -0.3 is 9.73 Å². The summed E-state index contributed by atoms with van der Waals surface area (Å²) in [6.07, 6.45) is 5.66. The van der Waals surface area contributed by atoms with E-state index in [2.05, 4.69) is 15.5 Å². The van der Waals surface area contributed by atoms with Crippen LogP contribution in [0.4, 0.5) is 11.4 Å². The van der Waals surface area contributed by atoms with Crippen LogP contribution in [0.2, 0.25) is 5.02 Å². The van der Waals surface area contributed by atoms with E-state index in [9.17, 15) is 14.9 Å². The summed E-state index contributed by atoms with van der Waals surface area (Å²) < 4.78 is 5.64. The Bertz CT molecular complexity index is 807. The molecule has 0 radical (unpaired) electrons. The molecule has 0 spiro atoms. The van der Waals surface area contributed by atoms with Crippen LogP contribution in [-0.2, 0) is 4.79 Å². The van der Waals surface area contributed by atoms with E-state index >= 15 is 0 Å². The molecule has 0 saturated heterocycles. The molecule has 1 fully saturated rings. The molecule has 1 aromatic heterocycles. The number of hydrogen-bond donors (Lipinski definition) is 1. The molecule has 3 rings (SSSR count). The molecule has 0 aliphatic heterocycles. The summed E-state index contributed by atoms with van der Waals surface area (Å²) in [5.41, 5.74) is -0.161. The van der Waals surface area contributed by atoms with E-state index in [0.717, 1.165) is 37.4 Å². The van der Waals surface area contributed by atoms with Gasteiger partial charge in [0.05, 0.1) is 10.7 Å². The van der Waals surface area contributed by atoms with Gasteiger partial charge in [-0.25, -0.2) is 0 Å². The van der Waals surface area contributed by atoms with Crippen molar-refractivity contribution in [3.8, 4) is 0 Å². The van der Waals surface area contributed by atoms with E-state index in [1.54, 1.807) is 0 Å². The van der Waals surface area contributed by atoms with Crippen molar-refractivity contribution in [1.82, 2.24) is 10.2 Å². The van der Waals surface area contributed by atoms with Crippen molar-refractivity contribution in [2.24, 2.45) is 0 Å². The monoisotopic (exact) mass is 396 g/mol. The van der Waals surface area contributed by atoms with Gasteiger partial charge in [0.15, 0.2) is 0 Å². The first kappa shape index (κ1) is 18.7. The number of nitro benzene ring substituents is 1. The molecular formula is C16H17ClN4O4S. The van der Waals surface area contributed by atoms with Gasteiger partial charge in [0, 0.05) is 17.0 Å². The molecular weight excluding hydrogens is 380 g/mol. The van der Waals surface area contributed by atoms with Gasteiger partial charge in [-0.05, 0) is 25.0 Å². The fourth-order valence-corrected chi connectivity index (χ4v) is 3.62. The number of carbonyl (C=O) groups excluding carboxylic acids is 1. The zero-order valence-corrected chi connectivity index (χ0v) is 15.4. The van der Waals surface area contributed by atoms with Gasteiger partial charge in [0.2, 0.25) is 11.8 Å². The lowest BCUT2D eigenvalue weighted by Gasteiger charge is -2.17. The zero-order chi connectivity index (χ0) is 18.5. The Morgan fingerprint density at radius 1 is 1.35 bits per heavy atom. The van der Waals surface area contributed by atoms with E-state index in [0.29, 0.717) is 22.1 Å². The van der Waals surface area contributed by atoms with E-state index < -0.39 is 10.8 Å². The Balaban J connectivity index is 1.57. The van der Waals surface area contributed by atoms with Crippen molar-refractivity contribution >= 4 is 40.6 Å². The van der Waals surface area contributed by atoms with E-state index in [-0.39, 0.29) is 17.1 Å². The number of nitrogens with zero attached hydrogens (tertiary/aromatic N) is 3. The van der Waals surface area contributed by atoms with Gasteiger partial charge in [-0.3, -0.25) is 14.9 Å². The van der Waals surface area contributed by atoms with Crippen LogP contribution >= 0.6 is 23.4 Å². The molecule has 1 N–H and O–H groups in total. The average molecular weight is 397 g/mol. The number of aromatic nitrogens is 2. The summed E-state index contributed by atoms with van der Waals surface area (Å²) in [4.78, 5) is 22.5. The molecule has 26 heavy (non-hydrogen) atoms. The van der Waals surface area contributed by atoms with Gasteiger partial charge in [-0.2, -0.15) is 0 Å². The fourth-order valence-electron chi connectivity index (χ4n) is 2.87. The summed E-state index contributed by atoms with van der Waals surface area (Å²) in [6, 6.07) is 3.99. The first-order chi connectivity index (χ1) is 12.5. The summed E-state index contributed by atoms with van der Waals surface area (Å²) in [5, 5.41) is 22.2. The smallest absolute Gasteiger partial charge is 0.292 e. The van der Waals surface area contributed by atoms with Crippen molar-refractivity contribution in [2.75, 3.05) is 11.1 Å². The number of hydrogen-bond acceptors (Lipinski definition) is 7. The molecule has 10 heteroatoms. The van der Waals surface area contributed by atoms with E-state index in [4.69, 9.17) is 16.0 Å². The Kier molecular flexibility index (Phi) is 6.10. The molecule has 1 aromatic carbocycles. The van der Waals surface area contributed by atoms with Crippen LogP contribution in [0.5, 0.6) is 0 Å². The molecule has 1 aliphatic carbocycles. The maximum Gasteiger partial charge on any atom is 0.292 e. The largest absolute Gasteiger partial charge is 0.416 e. The Morgan fingerprint density at radius 3 is 2.85 bits per heavy atom. The highest BCUT2D eigenvalue weighted by atomic mass is 35.5. The van der Waals surface area contributed by atoms with Crippen LogP contribution in [-0.4, -0.2) is 26.8 Å². The third-order valence-electron chi connectivity index (χ3n) is 4.13. The SMILES string of the molecule is O=C(CSc1nnc(C2CCCCC2)o1)Nc1cc(Cl)ccc1[N+](=O)[O-]. The van der Waals surface area contributed by atoms with Crippen molar-refractivity contribution in [3.63, 3.8) is 0 Å². The van der Waals surface area contributed by atoms with Crippen molar-refractivity contribution in [2.45, 2.75) is 43.2 Å². The zero-order valence-electron chi connectivity index (χ0n) is 13.8. The van der Waals surface area contributed by atoms with Crippen molar-refractivity contribution < 1.29 is 14.1 Å². The quantitative estimate of drug-likeness (QED) is 0.437. The van der Waals surface area contributed by atoms with Crippen LogP contribution in [0.15, 0.2) is 27.8 Å². The number of carbonyl (C=O) groups is 1. The Hall–Kier alpha value is -2.13. The molecule has 0 unspecified atom stereocenters. The number of nitrogens with one attached hydrogen (secondary N) is 1. The van der Waals surface area contributed by atoms with Crippen LogP contribution in [0, 0.1) is 10.1 Å². The van der Waals surface area contributed by atoms with Crippen molar-refractivity contribution in [3.05, 3.63) is 39.2 Å². The summed E-state index contributed by atoms with van der Waals surface area (Å²) in [5.74, 6) is 0.500. The first-order valence-corrected chi connectivity index (χ1v) is 9.59. The topological polar surface area (TPSA) is 111 Å².